The molecular formula is C22H14F3N5O. The van der Waals surface area contributed by atoms with Gasteiger partial charge in [0.2, 0.25) is 0 Å². The van der Waals surface area contributed by atoms with Crippen molar-refractivity contribution in [3.63, 3.8) is 0 Å². The zero-order valence-corrected chi connectivity index (χ0v) is 16.1. The lowest BCUT2D eigenvalue weighted by Gasteiger charge is -2.17. The molecular weight excluding hydrogens is 407 g/mol. The minimum atomic E-state index is -4.41. The van der Waals surface area contributed by atoms with Crippen molar-refractivity contribution in [1.29, 1.82) is 5.26 Å². The molecule has 1 amide bonds. The van der Waals surface area contributed by atoms with Crippen LogP contribution in [0, 0.1) is 11.3 Å². The number of imidazole rings is 1. The van der Waals surface area contributed by atoms with E-state index < -0.39 is 11.7 Å². The highest BCUT2D eigenvalue weighted by molar-refractivity contribution is 6.05. The van der Waals surface area contributed by atoms with Crippen LogP contribution in [-0.2, 0) is 6.18 Å². The van der Waals surface area contributed by atoms with E-state index in [-0.39, 0.29) is 5.91 Å². The Kier molecular flexibility index (Phi) is 4.91. The first-order valence-corrected chi connectivity index (χ1v) is 9.07. The van der Waals surface area contributed by atoms with Gasteiger partial charge in [0, 0.05) is 18.2 Å². The molecule has 6 nitrogen and oxygen atoms in total. The van der Waals surface area contributed by atoms with Crippen molar-refractivity contribution in [2.75, 3.05) is 11.9 Å². The Labute approximate surface area is 174 Å². The van der Waals surface area contributed by atoms with Gasteiger partial charge in [-0.15, -0.1) is 0 Å². The van der Waals surface area contributed by atoms with Gasteiger partial charge in [-0.1, -0.05) is 12.1 Å². The van der Waals surface area contributed by atoms with Gasteiger partial charge >= 0.3 is 6.18 Å². The Hall–Kier alpha value is -4.19. The number of halogens is 3. The minimum absolute atomic E-state index is 0.326. The minimum Gasteiger partial charge on any atom is -0.295 e. The van der Waals surface area contributed by atoms with Crippen molar-refractivity contribution in [1.82, 2.24) is 14.4 Å². The van der Waals surface area contributed by atoms with Crippen LogP contribution in [0.3, 0.4) is 0 Å². The maximum atomic E-state index is 12.8. The number of carbonyl (C=O) groups excluding carboxylic acids is 1. The highest BCUT2D eigenvalue weighted by Gasteiger charge is 2.30. The molecule has 0 aliphatic carbocycles. The molecule has 4 aromatic rings. The zero-order chi connectivity index (χ0) is 22.2. The van der Waals surface area contributed by atoms with Gasteiger partial charge in [-0.05, 0) is 36.4 Å². The summed E-state index contributed by atoms with van der Waals surface area (Å²) in [6.45, 7) is 0. The van der Waals surface area contributed by atoms with E-state index >= 15 is 0 Å². The summed E-state index contributed by atoms with van der Waals surface area (Å²) in [5, 5.41) is 8.89. The average Bonchev–Trinajstić information content (AvgIpc) is 3.21. The molecule has 0 radical (unpaired) electrons. The molecule has 0 spiro atoms. The fourth-order valence-corrected chi connectivity index (χ4v) is 3.08. The quantitative estimate of drug-likeness (QED) is 0.486. The van der Waals surface area contributed by atoms with E-state index in [0.29, 0.717) is 33.8 Å². The molecule has 0 aliphatic heterocycles. The van der Waals surface area contributed by atoms with E-state index in [1.54, 1.807) is 41.9 Å². The van der Waals surface area contributed by atoms with Crippen LogP contribution in [0.4, 0.5) is 19.0 Å². The number of hydrogen-bond donors (Lipinski definition) is 0. The first-order chi connectivity index (χ1) is 14.8. The number of alkyl halides is 3. The first-order valence-electron chi connectivity index (χ1n) is 9.07. The van der Waals surface area contributed by atoms with Gasteiger partial charge in [0.25, 0.3) is 5.91 Å². The molecule has 0 bridgehead atoms. The molecule has 4 rings (SSSR count). The summed E-state index contributed by atoms with van der Waals surface area (Å²) in [5.74, 6) is 0.000515. The molecule has 0 N–H and O–H groups in total. The van der Waals surface area contributed by atoms with Crippen LogP contribution in [0.25, 0.3) is 16.9 Å². The van der Waals surface area contributed by atoms with Crippen LogP contribution in [0.15, 0.2) is 67.1 Å². The Morgan fingerprint density at radius 2 is 1.71 bits per heavy atom. The predicted molar refractivity (Wildman–Crippen MR) is 107 cm³/mol. The summed E-state index contributed by atoms with van der Waals surface area (Å²) >= 11 is 0. The van der Waals surface area contributed by atoms with Crippen molar-refractivity contribution >= 4 is 17.4 Å². The molecule has 2 heterocycles. The maximum Gasteiger partial charge on any atom is 0.416 e. The number of fused-ring (bicyclic) bond motifs is 1. The number of rotatable bonds is 3. The van der Waals surface area contributed by atoms with Gasteiger partial charge in [-0.2, -0.15) is 18.4 Å². The number of amides is 1. The van der Waals surface area contributed by atoms with Gasteiger partial charge < -0.3 is 0 Å². The second kappa shape index (κ2) is 7.57. The molecule has 154 valence electrons. The normalized spacial score (nSPS) is 11.3. The van der Waals surface area contributed by atoms with Crippen LogP contribution < -0.4 is 4.90 Å². The number of carbonyl (C=O) groups is 1. The summed E-state index contributed by atoms with van der Waals surface area (Å²) in [6.07, 6.45) is 0.192. The average molecular weight is 421 g/mol. The molecule has 31 heavy (non-hydrogen) atoms. The highest BCUT2D eigenvalue weighted by atomic mass is 19.4. The fourth-order valence-electron chi connectivity index (χ4n) is 3.08. The van der Waals surface area contributed by atoms with E-state index in [0.717, 1.165) is 12.1 Å². The molecule has 0 unspecified atom stereocenters. The highest BCUT2D eigenvalue weighted by Crippen LogP contribution is 2.31. The lowest BCUT2D eigenvalue weighted by atomic mass is 10.1. The van der Waals surface area contributed by atoms with Gasteiger partial charge in [-0.25, -0.2) is 9.97 Å². The summed E-state index contributed by atoms with van der Waals surface area (Å²) in [7, 11) is 1.56. The van der Waals surface area contributed by atoms with Crippen LogP contribution >= 0.6 is 0 Å². The summed E-state index contributed by atoms with van der Waals surface area (Å²) in [6, 6.07) is 13.0. The zero-order valence-electron chi connectivity index (χ0n) is 16.1. The van der Waals surface area contributed by atoms with Crippen LogP contribution in [-0.4, -0.2) is 27.3 Å². The first kappa shape index (κ1) is 20.1. The van der Waals surface area contributed by atoms with Crippen molar-refractivity contribution in [3.8, 4) is 17.3 Å². The van der Waals surface area contributed by atoms with Crippen molar-refractivity contribution < 1.29 is 18.0 Å². The van der Waals surface area contributed by atoms with Crippen molar-refractivity contribution in [2.45, 2.75) is 6.18 Å². The smallest absolute Gasteiger partial charge is 0.295 e. The monoisotopic (exact) mass is 421 g/mol. The van der Waals surface area contributed by atoms with Gasteiger partial charge in [0.15, 0.2) is 11.5 Å². The van der Waals surface area contributed by atoms with Gasteiger partial charge in [0.1, 0.15) is 0 Å². The lowest BCUT2D eigenvalue weighted by Crippen LogP contribution is -2.27. The molecule has 2 aromatic heterocycles. The van der Waals surface area contributed by atoms with Crippen LogP contribution in [0.1, 0.15) is 21.5 Å². The molecule has 2 aromatic carbocycles. The van der Waals surface area contributed by atoms with E-state index in [2.05, 4.69) is 9.97 Å². The molecule has 0 aliphatic rings. The van der Waals surface area contributed by atoms with E-state index in [1.165, 1.54) is 29.4 Å². The standard InChI is InChI=1S/C22H14F3N5O/c1-29(21(31)16-4-2-14(10-26)3-5-16)20-13-30-18(11-27-19(30)12-28-20)15-6-8-17(9-7-15)22(23,24)25/h2-9,11-13H,1H3. The van der Waals surface area contributed by atoms with E-state index in [4.69, 9.17) is 5.26 Å². The molecule has 9 heteroatoms. The number of anilines is 1. The Morgan fingerprint density at radius 3 is 2.32 bits per heavy atom. The topological polar surface area (TPSA) is 74.3 Å². The molecule has 0 saturated carbocycles. The summed E-state index contributed by atoms with van der Waals surface area (Å²) in [4.78, 5) is 22.6. The number of aromatic nitrogens is 3. The number of hydrogen-bond acceptors (Lipinski definition) is 4. The SMILES string of the molecule is CN(C(=O)c1ccc(C#N)cc1)c1cn2c(-c3ccc(C(F)(F)F)cc3)cnc2cn1. The second-order valence-electron chi connectivity index (χ2n) is 6.75. The molecule has 0 fully saturated rings. The van der Waals surface area contributed by atoms with E-state index in [1.807, 2.05) is 6.07 Å². The van der Waals surface area contributed by atoms with Crippen molar-refractivity contribution in [2.24, 2.45) is 0 Å². The van der Waals surface area contributed by atoms with Crippen LogP contribution in [0.2, 0.25) is 0 Å². The molecule has 0 saturated heterocycles. The largest absolute Gasteiger partial charge is 0.416 e. The van der Waals surface area contributed by atoms with Gasteiger partial charge in [0.05, 0.1) is 41.5 Å². The Morgan fingerprint density at radius 1 is 1.03 bits per heavy atom. The second-order valence-corrected chi connectivity index (χ2v) is 6.75. The number of nitriles is 1. The Balaban J connectivity index is 1.67. The Bertz CT molecular complexity index is 1300. The van der Waals surface area contributed by atoms with E-state index in [9.17, 15) is 18.0 Å². The third-order valence-corrected chi connectivity index (χ3v) is 4.80. The fraction of sp³-hybridized carbons (Fsp3) is 0.0909. The predicted octanol–water partition coefficient (Wildman–Crippen LogP) is 4.56. The number of nitrogens with zero attached hydrogens (tertiary/aromatic N) is 5. The number of benzene rings is 2. The lowest BCUT2D eigenvalue weighted by molar-refractivity contribution is -0.137. The summed E-state index contributed by atoms with van der Waals surface area (Å²) in [5.41, 5.74) is 1.68. The summed E-state index contributed by atoms with van der Waals surface area (Å²) < 4.78 is 40.2. The van der Waals surface area contributed by atoms with Crippen LogP contribution in [0.5, 0.6) is 0 Å². The van der Waals surface area contributed by atoms with Crippen molar-refractivity contribution in [3.05, 3.63) is 83.8 Å². The van der Waals surface area contributed by atoms with Gasteiger partial charge in [-0.3, -0.25) is 14.1 Å². The third-order valence-electron chi connectivity index (χ3n) is 4.80. The molecule has 0 atom stereocenters. The maximum absolute atomic E-state index is 12.8. The third kappa shape index (κ3) is 3.83.